The molecule has 92 valence electrons. The van der Waals surface area contributed by atoms with Gasteiger partial charge in [0.2, 0.25) is 0 Å². The summed E-state index contributed by atoms with van der Waals surface area (Å²) in [6.07, 6.45) is 5.06. The molecule has 1 aromatic carbocycles. The van der Waals surface area contributed by atoms with Crippen LogP contribution < -0.4 is 0 Å². The number of nitrogens with zero attached hydrogens (tertiary/aromatic N) is 2. The lowest BCUT2D eigenvalue weighted by molar-refractivity contribution is 0.685. The van der Waals surface area contributed by atoms with E-state index in [-0.39, 0.29) is 12.4 Å². The van der Waals surface area contributed by atoms with Crippen LogP contribution in [-0.2, 0) is 6.54 Å². The maximum absolute atomic E-state index is 4.45. The topological polar surface area (TPSA) is 17.8 Å². The van der Waals surface area contributed by atoms with Gasteiger partial charge in [-0.15, -0.1) is 12.4 Å². The fourth-order valence-corrected chi connectivity index (χ4v) is 2.09. The molecule has 1 heterocycles. The molecule has 0 aliphatic rings. The van der Waals surface area contributed by atoms with Crippen molar-refractivity contribution < 1.29 is 0 Å². The minimum atomic E-state index is 0. The summed E-state index contributed by atoms with van der Waals surface area (Å²) in [6, 6.07) is 6.58. The first-order valence-electron chi connectivity index (χ1n) is 5.80. The number of halogens is 1. The number of aromatic nitrogens is 2. The van der Waals surface area contributed by atoms with Crippen molar-refractivity contribution in [3.05, 3.63) is 41.7 Å². The van der Waals surface area contributed by atoms with Crippen LogP contribution in [0.4, 0.5) is 0 Å². The average Bonchev–Trinajstić information content (AvgIpc) is 2.65. The standard InChI is InChI=1S/C14H18N2.ClH/c1-4-6-16-7-5-15-14(16)13-9-11(2)8-12(3)10-13;/h5,7-10H,4,6H2,1-3H3;1H. The Hall–Kier alpha value is -1.28. The molecule has 2 aromatic rings. The first-order valence-corrected chi connectivity index (χ1v) is 5.80. The van der Waals surface area contributed by atoms with E-state index in [0.717, 1.165) is 18.8 Å². The van der Waals surface area contributed by atoms with Gasteiger partial charge in [0.1, 0.15) is 5.82 Å². The van der Waals surface area contributed by atoms with Gasteiger partial charge in [-0.05, 0) is 32.4 Å². The largest absolute Gasteiger partial charge is 0.331 e. The molecule has 0 unspecified atom stereocenters. The highest BCUT2D eigenvalue weighted by Crippen LogP contribution is 2.20. The predicted octanol–water partition coefficient (Wildman–Crippen LogP) is 4.00. The predicted molar refractivity (Wildman–Crippen MR) is 74.7 cm³/mol. The Morgan fingerprint density at radius 1 is 1.12 bits per heavy atom. The summed E-state index contributed by atoms with van der Waals surface area (Å²) >= 11 is 0. The summed E-state index contributed by atoms with van der Waals surface area (Å²) in [5.74, 6) is 1.08. The Morgan fingerprint density at radius 3 is 2.35 bits per heavy atom. The van der Waals surface area contributed by atoms with Gasteiger partial charge in [-0.3, -0.25) is 0 Å². The second kappa shape index (κ2) is 5.87. The number of imidazole rings is 1. The third-order valence-electron chi connectivity index (χ3n) is 2.66. The number of hydrogen-bond acceptors (Lipinski definition) is 1. The van der Waals surface area contributed by atoms with E-state index in [2.05, 4.69) is 54.7 Å². The molecule has 0 spiro atoms. The second-order valence-corrected chi connectivity index (χ2v) is 4.32. The summed E-state index contributed by atoms with van der Waals surface area (Å²) < 4.78 is 2.22. The molecular formula is C14H19ClN2. The summed E-state index contributed by atoms with van der Waals surface area (Å²) in [7, 11) is 0. The highest BCUT2D eigenvalue weighted by Gasteiger charge is 2.05. The van der Waals surface area contributed by atoms with Crippen LogP contribution in [-0.4, -0.2) is 9.55 Å². The molecule has 1 aromatic heterocycles. The number of hydrogen-bond donors (Lipinski definition) is 0. The molecule has 0 saturated carbocycles. The van der Waals surface area contributed by atoms with Crippen LogP contribution >= 0.6 is 12.4 Å². The summed E-state index contributed by atoms with van der Waals surface area (Å²) in [5.41, 5.74) is 3.80. The zero-order valence-electron chi connectivity index (χ0n) is 10.6. The SMILES string of the molecule is CCCn1ccnc1-c1cc(C)cc(C)c1.Cl. The maximum atomic E-state index is 4.45. The van der Waals surface area contributed by atoms with Crippen molar-refractivity contribution in [2.24, 2.45) is 0 Å². The number of benzene rings is 1. The molecule has 2 nitrogen and oxygen atoms in total. The molecular weight excluding hydrogens is 232 g/mol. The lowest BCUT2D eigenvalue weighted by atomic mass is 10.1. The molecule has 0 aliphatic heterocycles. The summed E-state index contributed by atoms with van der Waals surface area (Å²) in [4.78, 5) is 4.45. The Balaban J connectivity index is 0.00000144. The Kier molecular flexibility index (Phi) is 4.76. The van der Waals surface area contributed by atoms with Crippen molar-refractivity contribution in [1.29, 1.82) is 0 Å². The first kappa shape index (κ1) is 13.8. The Bertz CT molecular complexity index is 468. The van der Waals surface area contributed by atoms with Crippen LogP contribution in [0.2, 0.25) is 0 Å². The molecule has 0 radical (unpaired) electrons. The van der Waals surface area contributed by atoms with Crippen LogP contribution in [0.3, 0.4) is 0 Å². The summed E-state index contributed by atoms with van der Waals surface area (Å²) in [6.45, 7) is 7.47. The zero-order chi connectivity index (χ0) is 11.5. The third-order valence-corrected chi connectivity index (χ3v) is 2.66. The van der Waals surface area contributed by atoms with Crippen molar-refractivity contribution in [3.63, 3.8) is 0 Å². The van der Waals surface area contributed by atoms with Crippen molar-refractivity contribution in [3.8, 4) is 11.4 Å². The second-order valence-electron chi connectivity index (χ2n) is 4.32. The average molecular weight is 251 g/mol. The van der Waals surface area contributed by atoms with E-state index in [0.29, 0.717) is 0 Å². The van der Waals surface area contributed by atoms with Gasteiger partial charge in [0, 0.05) is 24.5 Å². The molecule has 2 rings (SSSR count). The van der Waals surface area contributed by atoms with Crippen LogP contribution in [0.5, 0.6) is 0 Å². The highest BCUT2D eigenvalue weighted by molar-refractivity contribution is 5.85. The first-order chi connectivity index (χ1) is 7.70. The van der Waals surface area contributed by atoms with Crippen LogP contribution in [0.1, 0.15) is 24.5 Å². The van der Waals surface area contributed by atoms with E-state index in [9.17, 15) is 0 Å². The third kappa shape index (κ3) is 3.10. The molecule has 0 N–H and O–H groups in total. The van der Waals surface area contributed by atoms with Crippen molar-refractivity contribution in [2.75, 3.05) is 0 Å². The van der Waals surface area contributed by atoms with E-state index in [1.165, 1.54) is 16.7 Å². The van der Waals surface area contributed by atoms with Crippen molar-refractivity contribution in [1.82, 2.24) is 9.55 Å². The fourth-order valence-electron chi connectivity index (χ4n) is 2.09. The van der Waals surface area contributed by atoms with E-state index < -0.39 is 0 Å². The normalized spacial score (nSPS) is 10.1. The number of rotatable bonds is 3. The van der Waals surface area contributed by atoms with Crippen molar-refractivity contribution in [2.45, 2.75) is 33.7 Å². The van der Waals surface area contributed by atoms with Crippen molar-refractivity contribution >= 4 is 12.4 Å². The minimum Gasteiger partial charge on any atom is -0.331 e. The van der Waals surface area contributed by atoms with Gasteiger partial charge in [0.25, 0.3) is 0 Å². The smallest absolute Gasteiger partial charge is 0.139 e. The van der Waals surface area contributed by atoms with E-state index in [1.54, 1.807) is 0 Å². The summed E-state index contributed by atoms with van der Waals surface area (Å²) in [5, 5.41) is 0. The van der Waals surface area contributed by atoms with Crippen LogP contribution in [0.15, 0.2) is 30.6 Å². The van der Waals surface area contributed by atoms with Gasteiger partial charge < -0.3 is 4.57 Å². The molecule has 17 heavy (non-hydrogen) atoms. The van der Waals surface area contributed by atoms with Gasteiger partial charge >= 0.3 is 0 Å². The number of aryl methyl sites for hydroxylation is 3. The van der Waals surface area contributed by atoms with Crippen LogP contribution in [0.25, 0.3) is 11.4 Å². The highest BCUT2D eigenvalue weighted by atomic mass is 35.5. The van der Waals surface area contributed by atoms with Gasteiger partial charge in [-0.1, -0.05) is 24.1 Å². The van der Waals surface area contributed by atoms with E-state index in [1.807, 2.05) is 6.20 Å². The molecule has 0 fully saturated rings. The van der Waals surface area contributed by atoms with Gasteiger partial charge in [-0.2, -0.15) is 0 Å². The molecule has 0 atom stereocenters. The zero-order valence-corrected chi connectivity index (χ0v) is 11.4. The van der Waals surface area contributed by atoms with Gasteiger partial charge in [0.15, 0.2) is 0 Å². The molecule has 0 aliphatic carbocycles. The quantitative estimate of drug-likeness (QED) is 0.805. The molecule has 0 saturated heterocycles. The molecule has 3 heteroatoms. The lowest BCUT2D eigenvalue weighted by Crippen LogP contribution is -1.98. The monoisotopic (exact) mass is 250 g/mol. The maximum Gasteiger partial charge on any atom is 0.139 e. The Labute approximate surface area is 109 Å². The minimum absolute atomic E-state index is 0. The van der Waals surface area contributed by atoms with Gasteiger partial charge in [-0.25, -0.2) is 4.98 Å². The van der Waals surface area contributed by atoms with Gasteiger partial charge in [0.05, 0.1) is 0 Å². The Morgan fingerprint density at radius 2 is 1.76 bits per heavy atom. The van der Waals surface area contributed by atoms with E-state index in [4.69, 9.17) is 0 Å². The van der Waals surface area contributed by atoms with Crippen LogP contribution in [0, 0.1) is 13.8 Å². The lowest BCUT2D eigenvalue weighted by Gasteiger charge is -2.08. The van der Waals surface area contributed by atoms with E-state index >= 15 is 0 Å². The molecule has 0 bridgehead atoms. The fraction of sp³-hybridized carbons (Fsp3) is 0.357. The molecule has 0 amide bonds.